The van der Waals surface area contributed by atoms with E-state index in [1.54, 1.807) is 67.6 Å². The zero-order valence-electron chi connectivity index (χ0n) is 22.6. The highest BCUT2D eigenvalue weighted by molar-refractivity contribution is 7.92. The van der Waals surface area contributed by atoms with Crippen LogP contribution >= 0.6 is 11.6 Å². The van der Waals surface area contributed by atoms with Crippen LogP contribution < -0.4 is 14.4 Å². The Labute approximate surface area is 235 Å². The van der Waals surface area contributed by atoms with E-state index in [1.165, 1.54) is 24.1 Å². The van der Waals surface area contributed by atoms with Gasteiger partial charge in [-0.05, 0) is 62.2 Å². The normalized spacial score (nSPS) is 11.9. The lowest BCUT2D eigenvalue weighted by Gasteiger charge is -2.32. The number of nitrogens with one attached hydrogen (secondary N) is 1. The van der Waals surface area contributed by atoms with Gasteiger partial charge in [0.1, 0.15) is 18.3 Å². The predicted molar refractivity (Wildman–Crippen MR) is 153 cm³/mol. The smallest absolute Gasteiger partial charge is 0.264 e. The van der Waals surface area contributed by atoms with Crippen molar-refractivity contribution in [3.8, 4) is 5.75 Å². The molecule has 39 heavy (non-hydrogen) atoms. The summed E-state index contributed by atoms with van der Waals surface area (Å²) >= 11 is 6.17. The summed E-state index contributed by atoms with van der Waals surface area (Å²) in [6.45, 7) is 5.37. The van der Waals surface area contributed by atoms with Crippen LogP contribution in [0.25, 0.3) is 0 Å². The summed E-state index contributed by atoms with van der Waals surface area (Å²) in [6.07, 6.45) is 0.733. The lowest BCUT2D eigenvalue weighted by Crippen LogP contribution is -2.51. The molecule has 3 aromatic carbocycles. The van der Waals surface area contributed by atoms with E-state index >= 15 is 0 Å². The fraction of sp³-hybridized carbons (Fsp3) is 0.310. The molecule has 3 aromatic rings. The molecular weight excluding hydrogens is 538 g/mol. The van der Waals surface area contributed by atoms with E-state index in [2.05, 4.69) is 5.32 Å². The molecule has 1 atom stereocenters. The van der Waals surface area contributed by atoms with Gasteiger partial charge in [-0.25, -0.2) is 8.42 Å². The Hall–Kier alpha value is -3.56. The van der Waals surface area contributed by atoms with Crippen molar-refractivity contribution in [2.24, 2.45) is 0 Å². The molecule has 0 aliphatic heterocycles. The number of carbonyl (C=O) groups is 2. The van der Waals surface area contributed by atoms with Crippen LogP contribution in [0.2, 0.25) is 5.02 Å². The third-order valence-electron chi connectivity index (χ3n) is 6.20. The number of halogens is 1. The highest BCUT2D eigenvalue weighted by atomic mass is 35.5. The molecule has 0 aliphatic rings. The number of carbonyl (C=O) groups excluding carboxylic acids is 2. The van der Waals surface area contributed by atoms with Gasteiger partial charge in [0.2, 0.25) is 11.8 Å². The summed E-state index contributed by atoms with van der Waals surface area (Å²) in [5, 5.41) is 3.31. The van der Waals surface area contributed by atoms with Gasteiger partial charge < -0.3 is 15.0 Å². The molecule has 0 saturated heterocycles. The molecule has 3 rings (SSSR count). The lowest BCUT2D eigenvalue weighted by molar-refractivity contribution is -0.139. The van der Waals surface area contributed by atoms with Gasteiger partial charge in [-0.15, -0.1) is 0 Å². The van der Waals surface area contributed by atoms with Gasteiger partial charge in [0.05, 0.1) is 17.7 Å². The number of hydrogen-bond acceptors (Lipinski definition) is 5. The van der Waals surface area contributed by atoms with Crippen molar-refractivity contribution < 1.29 is 22.7 Å². The average molecular weight is 572 g/mol. The highest BCUT2D eigenvalue weighted by Crippen LogP contribution is 2.32. The van der Waals surface area contributed by atoms with Gasteiger partial charge in [-0.2, -0.15) is 0 Å². The fourth-order valence-electron chi connectivity index (χ4n) is 4.00. The van der Waals surface area contributed by atoms with Gasteiger partial charge in [-0.1, -0.05) is 60.5 Å². The number of aryl methyl sites for hydroxylation is 1. The summed E-state index contributed by atoms with van der Waals surface area (Å²) in [7, 11) is -2.75. The van der Waals surface area contributed by atoms with Crippen molar-refractivity contribution in [3.63, 3.8) is 0 Å². The van der Waals surface area contributed by atoms with Gasteiger partial charge in [0, 0.05) is 18.1 Å². The number of para-hydroxylation sites is 2. The Kier molecular flexibility index (Phi) is 10.4. The molecule has 0 heterocycles. The Morgan fingerprint density at radius 1 is 1.03 bits per heavy atom. The molecule has 2 amide bonds. The zero-order valence-corrected chi connectivity index (χ0v) is 24.1. The van der Waals surface area contributed by atoms with E-state index in [-0.39, 0.29) is 28.8 Å². The Balaban J connectivity index is 2.06. The van der Waals surface area contributed by atoms with Gasteiger partial charge >= 0.3 is 0 Å². The van der Waals surface area contributed by atoms with Crippen molar-refractivity contribution in [2.75, 3.05) is 24.5 Å². The van der Waals surface area contributed by atoms with Gasteiger partial charge in [-0.3, -0.25) is 13.9 Å². The van der Waals surface area contributed by atoms with E-state index in [0.29, 0.717) is 17.1 Å². The number of benzene rings is 3. The number of methoxy groups -OCH3 is 1. The molecule has 1 N–H and O–H groups in total. The Bertz CT molecular complexity index is 1400. The van der Waals surface area contributed by atoms with E-state index in [9.17, 15) is 18.0 Å². The average Bonchev–Trinajstić information content (AvgIpc) is 2.93. The molecule has 0 aliphatic carbocycles. The van der Waals surface area contributed by atoms with E-state index < -0.39 is 28.5 Å². The van der Waals surface area contributed by atoms with Crippen LogP contribution in [0.3, 0.4) is 0 Å². The number of rotatable bonds is 12. The summed E-state index contributed by atoms with van der Waals surface area (Å²) < 4.78 is 34.3. The first-order valence-electron chi connectivity index (χ1n) is 12.6. The number of sulfonamides is 1. The molecule has 0 unspecified atom stereocenters. The van der Waals surface area contributed by atoms with E-state index in [0.717, 1.165) is 16.3 Å². The molecule has 10 heteroatoms. The topological polar surface area (TPSA) is 96.0 Å². The maximum Gasteiger partial charge on any atom is 0.264 e. The van der Waals surface area contributed by atoms with Crippen molar-refractivity contribution in [3.05, 3.63) is 88.9 Å². The minimum atomic E-state index is -4.19. The van der Waals surface area contributed by atoms with Crippen LogP contribution in [0.4, 0.5) is 5.69 Å². The third-order valence-corrected chi connectivity index (χ3v) is 8.21. The van der Waals surface area contributed by atoms with Crippen molar-refractivity contribution in [1.29, 1.82) is 0 Å². The first-order chi connectivity index (χ1) is 18.6. The number of anilines is 1. The maximum absolute atomic E-state index is 13.9. The number of amides is 2. The van der Waals surface area contributed by atoms with Crippen LogP contribution in [0, 0.1) is 6.92 Å². The van der Waals surface area contributed by atoms with Gasteiger partial charge in [0.15, 0.2) is 0 Å². The maximum atomic E-state index is 13.9. The second kappa shape index (κ2) is 13.5. The SMILES string of the molecule is CCCNC(=O)[C@H](C)N(Cc1cccc(Cl)c1)C(=O)CN(c1ccccc1OC)S(=O)(=O)c1ccc(C)cc1. The standard InChI is InChI=1S/C29H34ClN3O5S/c1-5-17-31-29(35)22(3)32(19-23-9-8-10-24(30)18-23)28(34)20-33(26-11-6-7-12-27(26)38-4)39(36,37)25-15-13-21(2)14-16-25/h6-16,18,22H,5,17,19-20H2,1-4H3,(H,31,35)/t22-/m0/s1. The predicted octanol–water partition coefficient (Wildman–Crippen LogP) is 4.80. The Morgan fingerprint density at radius 3 is 2.36 bits per heavy atom. The Morgan fingerprint density at radius 2 is 1.72 bits per heavy atom. The summed E-state index contributed by atoms with van der Waals surface area (Å²) in [4.78, 5) is 28.3. The van der Waals surface area contributed by atoms with Crippen molar-refractivity contribution in [2.45, 2.75) is 44.7 Å². The van der Waals surface area contributed by atoms with Crippen LogP contribution in [-0.4, -0.2) is 51.4 Å². The fourth-order valence-corrected chi connectivity index (χ4v) is 5.63. The summed E-state index contributed by atoms with van der Waals surface area (Å²) in [6, 6.07) is 19.1. The first-order valence-corrected chi connectivity index (χ1v) is 14.4. The first kappa shape index (κ1) is 30.0. The molecule has 208 valence electrons. The number of hydrogen-bond donors (Lipinski definition) is 1. The lowest BCUT2D eigenvalue weighted by atomic mass is 10.1. The van der Waals surface area contributed by atoms with Crippen molar-refractivity contribution in [1.82, 2.24) is 10.2 Å². The van der Waals surface area contributed by atoms with E-state index in [1.807, 2.05) is 13.8 Å². The minimum absolute atomic E-state index is 0.0296. The summed E-state index contributed by atoms with van der Waals surface area (Å²) in [5.41, 5.74) is 1.81. The second-order valence-electron chi connectivity index (χ2n) is 9.12. The van der Waals surface area contributed by atoms with Crippen LogP contribution in [0.1, 0.15) is 31.4 Å². The molecular formula is C29H34ClN3O5S. The van der Waals surface area contributed by atoms with Crippen LogP contribution in [0.15, 0.2) is 77.7 Å². The third kappa shape index (κ3) is 7.52. The quantitative estimate of drug-likeness (QED) is 0.337. The second-order valence-corrected chi connectivity index (χ2v) is 11.4. The monoisotopic (exact) mass is 571 g/mol. The zero-order chi connectivity index (χ0) is 28.6. The minimum Gasteiger partial charge on any atom is -0.495 e. The molecule has 8 nitrogen and oxygen atoms in total. The van der Waals surface area contributed by atoms with Crippen LogP contribution in [-0.2, 0) is 26.2 Å². The largest absolute Gasteiger partial charge is 0.495 e. The molecule has 0 fully saturated rings. The number of ether oxygens (including phenoxy) is 1. The highest BCUT2D eigenvalue weighted by Gasteiger charge is 2.33. The molecule has 0 radical (unpaired) electrons. The molecule has 0 spiro atoms. The molecule has 0 bridgehead atoms. The molecule has 0 aromatic heterocycles. The van der Waals surface area contributed by atoms with Gasteiger partial charge in [0.25, 0.3) is 10.0 Å². The molecule has 0 saturated carbocycles. The number of nitrogens with zero attached hydrogens (tertiary/aromatic N) is 2. The summed E-state index contributed by atoms with van der Waals surface area (Å²) in [5.74, 6) is -0.607. The van der Waals surface area contributed by atoms with Crippen molar-refractivity contribution >= 4 is 39.1 Å². The van der Waals surface area contributed by atoms with E-state index in [4.69, 9.17) is 16.3 Å². The van der Waals surface area contributed by atoms with Crippen LogP contribution in [0.5, 0.6) is 5.75 Å².